The highest BCUT2D eigenvalue weighted by atomic mass is 35.5. The van der Waals surface area contributed by atoms with Gasteiger partial charge in [0, 0.05) is 10.6 Å². The van der Waals surface area contributed by atoms with Crippen LogP contribution in [-0.2, 0) is 0 Å². The zero-order valence-electron chi connectivity index (χ0n) is 10.7. The Labute approximate surface area is 123 Å². The van der Waals surface area contributed by atoms with Gasteiger partial charge >= 0.3 is 0 Å². The molecule has 2 aromatic carbocycles. The summed E-state index contributed by atoms with van der Waals surface area (Å²) in [6.07, 6.45) is 0. The number of rotatable bonds is 1. The van der Waals surface area contributed by atoms with Gasteiger partial charge in [0.05, 0.1) is 11.0 Å². The molecule has 0 spiro atoms. The second kappa shape index (κ2) is 4.43. The van der Waals surface area contributed by atoms with Crippen molar-refractivity contribution in [3.8, 4) is 11.4 Å². The average molecular weight is 297 g/mol. The van der Waals surface area contributed by atoms with Gasteiger partial charge in [0.1, 0.15) is 0 Å². The second-order valence-electron chi connectivity index (χ2n) is 4.66. The first-order chi connectivity index (χ1) is 10.2. The van der Waals surface area contributed by atoms with Crippen molar-refractivity contribution in [3.63, 3.8) is 0 Å². The topological polar surface area (TPSA) is 63.0 Å². The number of aromatic nitrogens is 4. The van der Waals surface area contributed by atoms with Crippen molar-refractivity contribution in [2.45, 2.75) is 0 Å². The predicted molar refractivity (Wildman–Crippen MR) is 81.6 cm³/mol. The van der Waals surface area contributed by atoms with Crippen molar-refractivity contribution >= 4 is 28.3 Å². The number of nitrogens with zero attached hydrogens (tertiary/aromatic N) is 3. The molecule has 0 atom stereocenters. The molecule has 0 saturated carbocycles. The molecule has 0 aliphatic heterocycles. The van der Waals surface area contributed by atoms with Gasteiger partial charge in [-0.2, -0.15) is 0 Å². The molecule has 0 aliphatic rings. The summed E-state index contributed by atoms with van der Waals surface area (Å²) in [4.78, 5) is 14.9. The molecular formula is C15H9ClN4O. The molecule has 0 bridgehead atoms. The number of para-hydroxylation sites is 2. The standard InChI is InChI=1S/C15H9ClN4O/c16-10-7-5-9(6-8-10)13-18-19-14-15(21)17-11-3-1-2-4-12(11)20(13)14/h1-8H,(H,17,21). The number of halogens is 1. The Morgan fingerprint density at radius 3 is 2.57 bits per heavy atom. The van der Waals surface area contributed by atoms with E-state index in [-0.39, 0.29) is 11.2 Å². The molecule has 1 N–H and O–H groups in total. The lowest BCUT2D eigenvalue weighted by Crippen LogP contribution is -2.11. The lowest BCUT2D eigenvalue weighted by molar-refractivity contribution is 1.11. The fourth-order valence-electron chi connectivity index (χ4n) is 2.40. The molecule has 4 aromatic rings. The molecule has 102 valence electrons. The largest absolute Gasteiger partial charge is 0.317 e. The molecule has 5 nitrogen and oxygen atoms in total. The van der Waals surface area contributed by atoms with Gasteiger partial charge in [-0.05, 0) is 36.4 Å². The van der Waals surface area contributed by atoms with Crippen molar-refractivity contribution in [3.05, 3.63) is 63.9 Å². The number of nitrogens with one attached hydrogen (secondary N) is 1. The summed E-state index contributed by atoms with van der Waals surface area (Å²) in [5.74, 6) is 0.615. The zero-order valence-corrected chi connectivity index (χ0v) is 11.5. The maximum Gasteiger partial charge on any atom is 0.294 e. The van der Waals surface area contributed by atoms with Crippen LogP contribution < -0.4 is 5.56 Å². The Morgan fingerprint density at radius 1 is 1.00 bits per heavy atom. The van der Waals surface area contributed by atoms with Crippen LogP contribution in [0.25, 0.3) is 28.1 Å². The number of aromatic amines is 1. The van der Waals surface area contributed by atoms with Crippen molar-refractivity contribution in [1.82, 2.24) is 19.6 Å². The summed E-state index contributed by atoms with van der Waals surface area (Å²) >= 11 is 5.91. The molecule has 0 fully saturated rings. The summed E-state index contributed by atoms with van der Waals surface area (Å²) in [7, 11) is 0. The molecule has 0 unspecified atom stereocenters. The van der Waals surface area contributed by atoms with Crippen LogP contribution in [0.1, 0.15) is 0 Å². The van der Waals surface area contributed by atoms with Crippen LogP contribution in [-0.4, -0.2) is 19.6 Å². The van der Waals surface area contributed by atoms with E-state index in [0.717, 1.165) is 16.6 Å². The summed E-state index contributed by atoms with van der Waals surface area (Å²) in [6, 6.07) is 14.8. The number of fused-ring (bicyclic) bond motifs is 3. The number of H-pyrrole nitrogens is 1. The maximum atomic E-state index is 12.1. The SMILES string of the molecule is O=c1[nH]c2ccccc2n2c(-c3ccc(Cl)cc3)nnc12. The van der Waals surface area contributed by atoms with Crippen LogP contribution in [0.2, 0.25) is 5.02 Å². The third kappa shape index (κ3) is 1.82. The molecular weight excluding hydrogens is 288 g/mol. The number of hydrogen-bond acceptors (Lipinski definition) is 3. The van der Waals surface area contributed by atoms with E-state index in [2.05, 4.69) is 15.2 Å². The van der Waals surface area contributed by atoms with E-state index in [1.165, 1.54) is 0 Å². The fourth-order valence-corrected chi connectivity index (χ4v) is 2.52. The maximum absolute atomic E-state index is 12.1. The highest BCUT2D eigenvalue weighted by Gasteiger charge is 2.13. The predicted octanol–water partition coefficient (Wildman–Crippen LogP) is 2.89. The van der Waals surface area contributed by atoms with Gasteiger partial charge in [0.25, 0.3) is 5.56 Å². The number of hydrogen-bond donors (Lipinski definition) is 1. The summed E-state index contributed by atoms with van der Waals surface area (Å²) in [6.45, 7) is 0. The first kappa shape index (κ1) is 12.1. The van der Waals surface area contributed by atoms with Crippen LogP contribution in [0, 0.1) is 0 Å². The molecule has 2 heterocycles. The van der Waals surface area contributed by atoms with Gasteiger partial charge in [-0.3, -0.25) is 9.20 Å². The van der Waals surface area contributed by atoms with Crippen molar-refractivity contribution in [2.24, 2.45) is 0 Å². The normalized spacial score (nSPS) is 11.3. The molecule has 21 heavy (non-hydrogen) atoms. The minimum absolute atomic E-state index is 0.263. The highest BCUT2D eigenvalue weighted by Crippen LogP contribution is 2.22. The van der Waals surface area contributed by atoms with E-state index in [1.54, 1.807) is 16.5 Å². The Balaban J connectivity index is 2.15. The Hall–Kier alpha value is -2.66. The van der Waals surface area contributed by atoms with Crippen LogP contribution in [0.15, 0.2) is 53.3 Å². The Bertz CT molecular complexity index is 1020. The summed E-state index contributed by atoms with van der Waals surface area (Å²) in [5, 5.41) is 8.81. The average Bonchev–Trinajstić information content (AvgIpc) is 2.94. The van der Waals surface area contributed by atoms with Crippen molar-refractivity contribution < 1.29 is 0 Å². The highest BCUT2D eigenvalue weighted by molar-refractivity contribution is 6.30. The van der Waals surface area contributed by atoms with Crippen LogP contribution in [0.5, 0.6) is 0 Å². The van der Waals surface area contributed by atoms with E-state index in [1.807, 2.05) is 36.4 Å². The smallest absolute Gasteiger partial charge is 0.294 e. The molecule has 0 saturated heterocycles. The molecule has 0 radical (unpaired) electrons. The minimum Gasteiger partial charge on any atom is -0.317 e. The van der Waals surface area contributed by atoms with Gasteiger partial charge < -0.3 is 4.98 Å². The lowest BCUT2D eigenvalue weighted by atomic mass is 10.2. The summed E-state index contributed by atoms with van der Waals surface area (Å²) in [5.41, 5.74) is 2.45. The van der Waals surface area contributed by atoms with E-state index in [9.17, 15) is 4.79 Å². The Morgan fingerprint density at radius 2 is 1.76 bits per heavy atom. The van der Waals surface area contributed by atoms with Crippen LogP contribution >= 0.6 is 11.6 Å². The monoisotopic (exact) mass is 296 g/mol. The fraction of sp³-hybridized carbons (Fsp3) is 0. The van der Waals surface area contributed by atoms with Crippen molar-refractivity contribution in [2.75, 3.05) is 0 Å². The van der Waals surface area contributed by atoms with Gasteiger partial charge in [-0.1, -0.05) is 23.7 Å². The third-order valence-corrected chi connectivity index (χ3v) is 3.61. The summed E-state index contributed by atoms with van der Waals surface area (Å²) < 4.78 is 1.76. The first-order valence-electron chi connectivity index (χ1n) is 6.36. The molecule has 0 amide bonds. The van der Waals surface area contributed by atoms with E-state index >= 15 is 0 Å². The zero-order chi connectivity index (χ0) is 14.4. The van der Waals surface area contributed by atoms with Gasteiger partial charge in [-0.15, -0.1) is 10.2 Å². The quantitative estimate of drug-likeness (QED) is 0.587. The van der Waals surface area contributed by atoms with Crippen molar-refractivity contribution in [1.29, 1.82) is 0 Å². The Kier molecular flexibility index (Phi) is 2.55. The van der Waals surface area contributed by atoms with Gasteiger partial charge in [0.15, 0.2) is 5.82 Å². The van der Waals surface area contributed by atoms with Gasteiger partial charge in [0.2, 0.25) is 5.65 Å². The number of benzene rings is 2. The second-order valence-corrected chi connectivity index (χ2v) is 5.10. The minimum atomic E-state index is -0.263. The van der Waals surface area contributed by atoms with Crippen LogP contribution in [0.3, 0.4) is 0 Å². The lowest BCUT2D eigenvalue weighted by Gasteiger charge is -2.04. The van der Waals surface area contributed by atoms with Gasteiger partial charge in [-0.25, -0.2) is 0 Å². The third-order valence-electron chi connectivity index (χ3n) is 3.36. The van der Waals surface area contributed by atoms with Crippen LogP contribution in [0.4, 0.5) is 0 Å². The van der Waals surface area contributed by atoms with E-state index in [4.69, 9.17) is 11.6 Å². The molecule has 4 rings (SSSR count). The van der Waals surface area contributed by atoms with E-state index < -0.39 is 0 Å². The van der Waals surface area contributed by atoms with E-state index in [0.29, 0.717) is 10.8 Å². The molecule has 2 aromatic heterocycles. The molecule has 6 heteroatoms. The first-order valence-corrected chi connectivity index (χ1v) is 6.74. The molecule has 0 aliphatic carbocycles.